The zero-order valence-corrected chi connectivity index (χ0v) is 17.1. The number of alkyl halides is 3. The van der Waals surface area contributed by atoms with Crippen molar-refractivity contribution in [3.8, 4) is 22.1 Å². The number of rotatable bonds is 7. The van der Waals surface area contributed by atoms with Gasteiger partial charge in [0.05, 0.1) is 12.7 Å². The fourth-order valence-corrected chi connectivity index (χ4v) is 3.43. The standard InChI is InChI=1S/C21H19F3N2O3S/c1-3-25-19(27)16-12-30-20(26-16)14-6-9-17(18(10-14)28-2)29-11-13-4-7-15(8-5-13)21(22,23)24/h4-10,12H,3,11H2,1-2H3,(H,25,27). The lowest BCUT2D eigenvalue weighted by atomic mass is 10.1. The second-order valence-electron chi connectivity index (χ2n) is 6.25. The van der Waals surface area contributed by atoms with E-state index in [1.54, 1.807) is 23.6 Å². The number of benzene rings is 2. The van der Waals surface area contributed by atoms with Crippen molar-refractivity contribution in [2.75, 3.05) is 13.7 Å². The smallest absolute Gasteiger partial charge is 0.416 e. The van der Waals surface area contributed by atoms with Crippen LogP contribution in [0.5, 0.6) is 11.5 Å². The molecule has 1 aromatic heterocycles. The predicted molar refractivity (Wildman–Crippen MR) is 108 cm³/mol. The van der Waals surface area contributed by atoms with Gasteiger partial charge in [0.2, 0.25) is 0 Å². The number of hydrogen-bond acceptors (Lipinski definition) is 5. The second kappa shape index (κ2) is 9.17. The van der Waals surface area contributed by atoms with Crippen LogP contribution in [0.25, 0.3) is 10.6 Å². The van der Waals surface area contributed by atoms with Gasteiger partial charge in [0.15, 0.2) is 11.5 Å². The summed E-state index contributed by atoms with van der Waals surface area (Å²) < 4.78 is 49.1. The summed E-state index contributed by atoms with van der Waals surface area (Å²) in [6, 6.07) is 10.0. The molecule has 0 aliphatic rings. The summed E-state index contributed by atoms with van der Waals surface area (Å²) in [6.07, 6.45) is -4.37. The van der Waals surface area contributed by atoms with Crippen molar-refractivity contribution in [2.45, 2.75) is 19.7 Å². The third-order valence-electron chi connectivity index (χ3n) is 4.16. The third-order valence-corrected chi connectivity index (χ3v) is 5.05. The van der Waals surface area contributed by atoms with E-state index >= 15 is 0 Å². The quantitative estimate of drug-likeness (QED) is 0.555. The molecule has 158 valence electrons. The molecular weight excluding hydrogens is 417 g/mol. The lowest BCUT2D eigenvalue weighted by Gasteiger charge is -2.12. The first-order chi connectivity index (χ1) is 14.3. The molecule has 9 heteroatoms. The summed E-state index contributed by atoms with van der Waals surface area (Å²) in [7, 11) is 1.49. The van der Waals surface area contributed by atoms with Crippen LogP contribution in [0.2, 0.25) is 0 Å². The van der Waals surface area contributed by atoms with Gasteiger partial charge in [-0.25, -0.2) is 4.98 Å². The first kappa shape index (κ1) is 21.6. The summed E-state index contributed by atoms with van der Waals surface area (Å²) in [4.78, 5) is 16.2. The average Bonchev–Trinajstić information content (AvgIpc) is 3.22. The Bertz CT molecular complexity index is 1020. The SMILES string of the molecule is CCNC(=O)c1csc(-c2ccc(OCc3ccc(C(F)(F)F)cc3)c(OC)c2)n1. The first-order valence-electron chi connectivity index (χ1n) is 9.03. The molecule has 3 aromatic rings. The van der Waals surface area contributed by atoms with E-state index in [4.69, 9.17) is 9.47 Å². The fraction of sp³-hybridized carbons (Fsp3) is 0.238. The average molecular weight is 436 g/mol. The van der Waals surface area contributed by atoms with Crippen LogP contribution in [0, 0.1) is 0 Å². The van der Waals surface area contributed by atoms with Gasteiger partial charge in [-0.2, -0.15) is 13.2 Å². The molecule has 0 spiro atoms. The van der Waals surface area contributed by atoms with E-state index < -0.39 is 11.7 Å². The molecule has 0 unspecified atom stereocenters. The summed E-state index contributed by atoms with van der Waals surface area (Å²) >= 11 is 1.34. The Morgan fingerprint density at radius 1 is 1.13 bits per heavy atom. The van der Waals surface area contributed by atoms with Gasteiger partial charge < -0.3 is 14.8 Å². The Morgan fingerprint density at radius 2 is 1.87 bits per heavy atom. The van der Waals surface area contributed by atoms with Gasteiger partial charge in [-0.1, -0.05) is 12.1 Å². The number of nitrogens with zero attached hydrogens (tertiary/aromatic N) is 1. The first-order valence-corrected chi connectivity index (χ1v) is 9.91. The molecule has 0 bridgehead atoms. The van der Waals surface area contributed by atoms with Crippen molar-refractivity contribution in [1.29, 1.82) is 0 Å². The van der Waals surface area contributed by atoms with Gasteiger partial charge in [0.1, 0.15) is 17.3 Å². The number of halogens is 3. The number of carbonyl (C=O) groups is 1. The third kappa shape index (κ3) is 5.10. The topological polar surface area (TPSA) is 60.5 Å². The van der Waals surface area contributed by atoms with Crippen LogP contribution in [0.1, 0.15) is 28.5 Å². The van der Waals surface area contributed by atoms with Crippen LogP contribution < -0.4 is 14.8 Å². The number of thiazole rings is 1. The van der Waals surface area contributed by atoms with Gasteiger partial charge in [-0.15, -0.1) is 11.3 Å². The molecule has 0 saturated carbocycles. The predicted octanol–water partition coefficient (Wildman–Crippen LogP) is 5.17. The van der Waals surface area contributed by atoms with Crippen LogP contribution in [-0.2, 0) is 12.8 Å². The van der Waals surface area contributed by atoms with Gasteiger partial charge in [-0.3, -0.25) is 4.79 Å². The highest BCUT2D eigenvalue weighted by Crippen LogP contribution is 2.34. The largest absolute Gasteiger partial charge is 0.493 e. The molecule has 30 heavy (non-hydrogen) atoms. The van der Waals surface area contributed by atoms with E-state index in [0.29, 0.717) is 34.3 Å². The molecule has 3 rings (SSSR count). The van der Waals surface area contributed by atoms with E-state index in [9.17, 15) is 18.0 Å². The number of amides is 1. The van der Waals surface area contributed by atoms with Crippen LogP contribution >= 0.6 is 11.3 Å². The molecule has 5 nitrogen and oxygen atoms in total. The second-order valence-corrected chi connectivity index (χ2v) is 7.10. The van der Waals surface area contributed by atoms with Gasteiger partial charge in [0, 0.05) is 17.5 Å². The summed E-state index contributed by atoms with van der Waals surface area (Å²) in [5, 5.41) is 5.04. The maximum Gasteiger partial charge on any atom is 0.416 e. The van der Waals surface area contributed by atoms with Crippen molar-refractivity contribution in [2.24, 2.45) is 0 Å². The minimum absolute atomic E-state index is 0.0897. The highest BCUT2D eigenvalue weighted by molar-refractivity contribution is 7.13. The van der Waals surface area contributed by atoms with Crippen molar-refractivity contribution in [1.82, 2.24) is 10.3 Å². The van der Waals surface area contributed by atoms with Crippen molar-refractivity contribution in [3.05, 3.63) is 64.7 Å². The van der Waals surface area contributed by atoms with Gasteiger partial charge in [-0.05, 0) is 42.8 Å². The van der Waals surface area contributed by atoms with E-state index in [-0.39, 0.29) is 12.5 Å². The molecular formula is C21H19F3N2O3S. The molecule has 1 amide bonds. The zero-order chi connectivity index (χ0) is 21.7. The number of hydrogen-bond donors (Lipinski definition) is 1. The van der Waals surface area contributed by atoms with Gasteiger partial charge in [0.25, 0.3) is 5.91 Å². The molecule has 0 atom stereocenters. The number of nitrogens with one attached hydrogen (secondary N) is 1. The Labute approximate surface area is 175 Å². The van der Waals surface area contributed by atoms with E-state index in [1.165, 1.54) is 30.6 Å². The minimum Gasteiger partial charge on any atom is -0.493 e. The lowest BCUT2D eigenvalue weighted by molar-refractivity contribution is -0.137. The van der Waals surface area contributed by atoms with Crippen LogP contribution in [0.3, 0.4) is 0 Å². The summed E-state index contributed by atoms with van der Waals surface area (Å²) in [6.45, 7) is 2.44. The van der Waals surface area contributed by atoms with E-state index in [0.717, 1.165) is 17.7 Å². The Kier molecular flexibility index (Phi) is 6.61. The van der Waals surface area contributed by atoms with Crippen LogP contribution in [0.15, 0.2) is 47.8 Å². The molecule has 2 aromatic carbocycles. The Hall–Kier alpha value is -3.07. The normalized spacial score (nSPS) is 11.2. The zero-order valence-electron chi connectivity index (χ0n) is 16.2. The molecule has 1 heterocycles. The minimum atomic E-state index is -4.37. The molecule has 0 aliphatic carbocycles. The van der Waals surface area contributed by atoms with Gasteiger partial charge >= 0.3 is 6.18 Å². The molecule has 1 N–H and O–H groups in total. The van der Waals surface area contributed by atoms with E-state index in [1.807, 2.05) is 6.92 Å². The van der Waals surface area contributed by atoms with Crippen molar-refractivity contribution < 1.29 is 27.4 Å². The fourth-order valence-electron chi connectivity index (χ4n) is 2.63. The number of ether oxygens (including phenoxy) is 2. The molecule has 0 aliphatic heterocycles. The van der Waals surface area contributed by atoms with Crippen LogP contribution in [-0.4, -0.2) is 24.5 Å². The van der Waals surface area contributed by atoms with Crippen molar-refractivity contribution in [3.63, 3.8) is 0 Å². The molecule has 0 fully saturated rings. The summed E-state index contributed by atoms with van der Waals surface area (Å²) in [5.41, 5.74) is 0.997. The Morgan fingerprint density at radius 3 is 2.50 bits per heavy atom. The van der Waals surface area contributed by atoms with Crippen molar-refractivity contribution >= 4 is 17.2 Å². The maximum atomic E-state index is 12.7. The molecule has 0 saturated heterocycles. The summed E-state index contributed by atoms with van der Waals surface area (Å²) in [5.74, 6) is 0.666. The number of carbonyl (C=O) groups excluding carboxylic acids is 1. The number of aromatic nitrogens is 1. The van der Waals surface area contributed by atoms with E-state index in [2.05, 4.69) is 10.3 Å². The highest BCUT2D eigenvalue weighted by atomic mass is 32.1. The monoisotopic (exact) mass is 436 g/mol. The Balaban J connectivity index is 1.72. The highest BCUT2D eigenvalue weighted by Gasteiger charge is 2.29. The van der Waals surface area contributed by atoms with Crippen LogP contribution in [0.4, 0.5) is 13.2 Å². The maximum absolute atomic E-state index is 12.7. The molecule has 0 radical (unpaired) electrons. The number of methoxy groups -OCH3 is 1. The lowest BCUT2D eigenvalue weighted by Crippen LogP contribution is -2.22.